The zero-order valence-corrected chi connectivity index (χ0v) is 8.71. The number of halogens is 1. The molecule has 1 saturated heterocycles. The largest absolute Gasteiger partial charge is 0.467 e. The summed E-state index contributed by atoms with van der Waals surface area (Å²) in [5.41, 5.74) is 0. The lowest BCUT2D eigenvalue weighted by molar-refractivity contribution is -0.153. The summed E-state index contributed by atoms with van der Waals surface area (Å²) in [6.45, 7) is 2.61. The molecule has 0 spiro atoms. The Balaban J connectivity index is 2.58. The van der Waals surface area contributed by atoms with E-state index in [2.05, 4.69) is 4.74 Å². The van der Waals surface area contributed by atoms with Crippen molar-refractivity contribution in [3.8, 4) is 0 Å². The van der Waals surface area contributed by atoms with Crippen LogP contribution in [0.25, 0.3) is 0 Å². The van der Waals surface area contributed by atoms with Gasteiger partial charge in [-0.15, -0.1) is 11.6 Å². The fourth-order valence-corrected chi connectivity index (χ4v) is 1.90. The molecule has 1 rings (SSSR count). The highest BCUT2D eigenvalue weighted by molar-refractivity contribution is 6.21. The number of hydrogen-bond acceptors (Lipinski definition) is 3. The Hall–Kier alpha value is -0.280. The molecule has 3 atom stereocenters. The van der Waals surface area contributed by atoms with Crippen molar-refractivity contribution >= 4 is 17.6 Å². The average Bonchev–Trinajstić information content (AvgIpc) is 2.63. The summed E-state index contributed by atoms with van der Waals surface area (Å²) in [5, 5.41) is 0.00611. The van der Waals surface area contributed by atoms with Crippen LogP contribution in [0.1, 0.15) is 19.8 Å². The molecule has 0 aromatic carbocycles. The number of carbonyl (C=O) groups is 1. The average molecular weight is 207 g/mol. The van der Waals surface area contributed by atoms with Crippen LogP contribution < -0.4 is 0 Å². The third-order valence-electron chi connectivity index (χ3n) is 2.43. The van der Waals surface area contributed by atoms with Gasteiger partial charge in [0.25, 0.3) is 0 Å². The van der Waals surface area contributed by atoms with Crippen molar-refractivity contribution in [1.82, 2.24) is 0 Å². The lowest BCUT2D eigenvalue weighted by atomic mass is 9.96. The molecule has 0 aliphatic carbocycles. The lowest BCUT2D eigenvalue weighted by Gasteiger charge is -2.19. The molecule has 3 nitrogen and oxygen atoms in total. The predicted molar refractivity (Wildman–Crippen MR) is 49.8 cm³/mol. The second-order valence-electron chi connectivity index (χ2n) is 3.19. The highest BCUT2D eigenvalue weighted by Gasteiger charge is 2.38. The molecule has 1 heterocycles. The van der Waals surface area contributed by atoms with Crippen molar-refractivity contribution < 1.29 is 14.3 Å². The first kappa shape index (κ1) is 10.8. The molecule has 13 heavy (non-hydrogen) atoms. The molecule has 76 valence electrons. The summed E-state index contributed by atoms with van der Waals surface area (Å²) in [6, 6.07) is 0. The Morgan fingerprint density at radius 3 is 3.00 bits per heavy atom. The molecule has 0 aromatic heterocycles. The fraction of sp³-hybridized carbons (Fsp3) is 0.889. The van der Waals surface area contributed by atoms with E-state index in [0.29, 0.717) is 6.61 Å². The maximum absolute atomic E-state index is 11.2. The van der Waals surface area contributed by atoms with Gasteiger partial charge in [0.2, 0.25) is 0 Å². The molecular weight excluding hydrogens is 192 g/mol. The normalized spacial score (nSPS) is 30.1. The minimum Gasteiger partial charge on any atom is -0.467 e. The van der Waals surface area contributed by atoms with E-state index >= 15 is 0 Å². The molecule has 0 saturated carbocycles. The molecule has 1 aliphatic rings. The minimum absolute atomic E-state index is 0.00611. The van der Waals surface area contributed by atoms with Crippen LogP contribution in [0.4, 0.5) is 0 Å². The van der Waals surface area contributed by atoms with Crippen LogP contribution >= 0.6 is 11.6 Å². The van der Waals surface area contributed by atoms with Gasteiger partial charge in [-0.3, -0.25) is 0 Å². The number of alkyl halides is 1. The molecule has 0 radical (unpaired) electrons. The van der Waals surface area contributed by atoms with E-state index in [1.54, 1.807) is 0 Å². The monoisotopic (exact) mass is 206 g/mol. The van der Waals surface area contributed by atoms with Gasteiger partial charge in [0.15, 0.2) is 6.10 Å². The number of esters is 1. The highest BCUT2D eigenvalue weighted by atomic mass is 35.5. The standard InChI is InChI=1S/C9H15ClO3/c1-3-7(10)6-4-5-13-8(6)9(11)12-2/h6-8H,3-5H2,1-2H3/t6-,7?,8-/m1/s1. The molecule has 0 N–H and O–H groups in total. The summed E-state index contributed by atoms with van der Waals surface area (Å²) >= 11 is 6.08. The first-order valence-electron chi connectivity index (χ1n) is 4.54. The quantitative estimate of drug-likeness (QED) is 0.520. The zero-order valence-electron chi connectivity index (χ0n) is 7.96. The van der Waals surface area contributed by atoms with Gasteiger partial charge >= 0.3 is 5.97 Å². The van der Waals surface area contributed by atoms with Crippen molar-refractivity contribution in [3.63, 3.8) is 0 Å². The van der Waals surface area contributed by atoms with Gasteiger partial charge in [-0.25, -0.2) is 4.79 Å². The summed E-state index contributed by atoms with van der Waals surface area (Å²) < 4.78 is 9.92. The van der Waals surface area contributed by atoms with Gasteiger partial charge in [0, 0.05) is 17.9 Å². The van der Waals surface area contributed by atoms with Crippen LogP contribution in [0.3, 0.4) is 0 Å². The van der Waals surface area contributed by atoms with E-state index in [0.717, 1.165) is 12.8 Å². The Morgan fingerprint density at radius 2 is 2.46 bits per heavy atom. The van der Waals surface area contributed by atoms with E-state index in [1.807, 2.05) is 6.92 Å². The molecule has 4 heteroatoms. The SMILES string of the molecule is CCC(Cl)[C@H]1CCO[C@H]1C(=O)OC. The Kier molecular flexibility index (Phi) is 4.00. The van der Waals surface area contributed by atoms with Gasteiger partial charge in [0.1, 0.15) is 0 Å². The number of ether oxygens (including phenoxy) is 2. The zero-order chi connectivity index (χ0) is 9.84. The molecule has 0 aromatic rings. The maximum atomic E-state index is 11.2. The van der Waals surface area contributed by atoms with Crippen molar-refractivity contribution in [2.24, 2.45) is 5.92 Å². The summed E-state index contributed by atoms with van der Waals surface area (Å²) in [6.07, 6.45) is 1.25. The van der Waals surface area contributed by atoms with E-state index in [-0.39, 0.29) is 17.3 Å². The second-order valence-corrected chi connectivity index (χ2v) is 3.75. The molecule has 1 unspecified atom stereocenters. The maximum Gasteiger partial charge on any atom is 0.335 e. The second kappa shape index (κ2) is 4.82. The van der Waals surface area contributed by atoms with Gasteiger partial charge in [-0.05, 0) is 12.8 Å². The fourth-order valence-electron chi connectivity index (χ4n) is 1.64. The van der Waals surface area contributed by atoms with Gasteiger partial charge in [-0.2, -0.15) is 0 Å². The van der Waals surface area contributed by atoms with Crippen LogP contribution in [0, 0.1) is 5.92 Å². The minimum atomic E-state index is -0.451. The lowest BCUT2D eigenvalue weighted by Crippen LogP contribution is -2.32. The summed E-state index contributed by atoms with van der Waals surface area (Å²) in [4.78, 5) is 11.2. The molecule has 1 aliphatic heterocycles. The van der Waals surface area contributed by atoms with Crippen LogP contribution in [0.5, 0.6) is 0 Å². The topological polar surface area (TPSA) is 35.5 Å². The van der Waals surface area contributed by atoms with Crippen molar-refractivity contribution in [1.29, 1.82) is 0 Å². The van der Waals surface area contributed by atoms with E-state index in [9.17, 15) is 4.79 Å². The third kappa shape index (κ3) is 2.35. The number of methoxy groups -OCH3 is 1. The molecular formula is C9H15ClO3. The first-order chi connectivity index (χ1) is 6.20. The third-order valence-corrected chi connectivity index (χ3v) is 3.06. The summed E-state index contributed by atoms with van der Waals surface area (Å²) in [5.74, 6) is -0.194. The van der Waals surface area contributed by atoms with Crippen LogP contribution in [-0.4, -0.2) is 31.2 Å². The first-order valence-corrected chi connectivity index (χ1v) is 4.97. The number of carbonyl (C=O) groups excluding carboxylic acids is 1. The van der Waals surface area contributed by atoms with Gasteiger partial charge in [0.05, 0.1) is 7.11 Å². The van der Waals surface area contributed by atoms with Crippen LogP contribution in [0.2, 0.25) is 0 Å². The van der Waals surface area contributed by atoms with Gasteiger partial charge in [-0.1, -0.05) is 6.92 Å². The van der Waals surface area contributed by atoms with Gasteiger partial charge < -0.3 is 9.47 Å². The van der Waals surface area contributed by atoms with Crippen molar-refractivity contribution in [2.75, 3.05) is 13.7 Å². The van der Waals surface area contributed by atoms with Crippen LogP contribution in [0.15, 0.2) is 0 Å². The predicted octanol–water partition coefficient (Wildman–Crippen LogP) is 1.58. The van der Waals surface area contributed by atoms with Crippen LogP contribution in [-0.2, 0) is 14.3 Å². The van der Waals surface area contributed by atoms with Crippen molar-refractivity contribution in [3.05, 3.63) is 0 Å². The summed E-state index contributed by atoms with van der Waals surface area (Å²) in [7, 11) is 1.37. The molecule has 1 fully saturated rings. The Labute approximate surface area is 83.3 Å². The number of hydrogen-bond donors (Lipinski definition) is 0. The van der Waals surface area contributed by atoms with E-state index in [4.69, 9.17) is 16.3 Å². The highest BCUT2D eigenvalue weighted by Crippen LogP contribution is 2.29. The molecule has 0 amide bonds. The van der Waals surface area contributed by atoms with E-state index in [1.165, 1.54) is 7.11 Å². The molecule has 0 bridgehead atoms. The smallest absolute Gasteiger partial charge is 0.335 e. The Morgan fingerprint density at radius 1 is 1.77 bits per heavy atom. The van der Waals surface area contributed by atoms with E-state index < -0.39 is 6.10 Å². The number of rotatable bonds is 3. The van der Waals surface area contributed by atoms with Crippen molar-refractivity contribution in [2.45, 2.75) is 31.2 Å². The Bertz CT molecular complexity index is 184.